The molecule has 370 valence electrons. The molecule has 0 bridgehead atoms. The number of carbonyl (C=O) groups is 3. The Balaban J connectivity index is 0.00000117. The normalized spacial score (nSPS) is 15.5. The van der Waals surface area contributed by atoms with Gasteiger partial charge in [0.15, 0.2) is 5.82 Å². The highest BCUT2D eigenvalue weighted by Gasteiger charge is 2.33. The Bertz CT molecular complexity index is 2410. The highest BCUT2D eigenvalue weighted by molar-refractivity contribution is 5.86. The Hall–Kier alpha value is -5.94. The molecule has 0 atom stereocenters. The number of anilines is 4. The number of hydrogen-bond donors (Lipinski definition) is 1. The van der Waals surface area contributed by atoms with E-state index in [4.69, 9.17) is 19.6 Å². The summed E-state index contributed by atoms with van der Waals surface area (Å²) in [5.74, 6) is 1.99. The molecule has 5 aromatic rings. The van der Waals surface area contributed by atoms with E-state index >= 15 is 0 Å². The number of hydrogen-bond acceptors (Lipinski definition) is 12. The molecule has 7 heterocycles. The Morgan fingerprint density at radius 1 is 0.985 bits per heavy atom. The van der Waals surface area contributed by atoms with Crippen molar-refractivity contribution in [2.75, 3.05) is 88.8 Å². The Labute approximate surface area is 401 Å². The molecule has 3 aliphatic heterocycles. The van der Waals surface area contributed by atoms with Gasteiger partial charge in [0.05, 0.1) is 19.3 Å². The number of halogens is 2. The van der Waals surface area contributed by atoms with Gasteiger partial charge in [0.2, 0.25) is 12.3 Å². The Morgan fingerprint density at radius 3 is 2.35 bits per heavy atom. The van der Waals surface area contributed by atoms with Crippen molar-refractivity contribution in [2.24, 2.45) is 5.92 Å². The second-order valence-corrected chi connectivity index (χ2v) is 17.1. The van der Waals surface area contributed by atoms with Crippen molar-refractivity contribution < 1.29 is 27.9 Å². The maximum Gasteiger partial charge on any atom is 0.264 e. The number of nitrogens with one attached hydrogen (secondary N) is 1. The Morgan fingerprint density at radius 2 is 1.69 bits per heavy atom. The van der Waals surface area contributed by atoms with Crippen LogP contribution in [0.4, 0.5) is 31.8 Å². The van der Waals surface area contributed by atoms with E-state index in [2.05, 4.69) is 66.8 Å². The first-order valence-electron chi connectivity index (χ1n) is 24.2. The minimum Gasteiger partial charge on any atom is -0.495 e. The zero-order valence-corrected chi connectivity index (χ0v) is 41.8. The van der Waals surface area contributed by atoms with Crippen molar-refractivity contribution in [2.45, 2.75) is 99.1 Å². The number of rotatable bonds is 14. The average Bonchev–Trinajstić information content (AvgIpc) is 3.99. The van der Waals surface area contributed by atoms with Crippen molar-refractivity contribution in [3.63, 3.8) is 0 Å². The standard InChI is InChI=1S/C45H57F2N11O3.C2H4O.2C2H6/c1-30-37(53(3)17-14-43(60)50-29-59)7-6-8-38(30)56-20-9-31(10-21-56)26-55-18-11-32(12-19-55)58-39-13-16-52(2)27-36(39)45(51-58)54(4)41-24-34(44(46)47)35(25-49-41)33-23-42-48-15-22-57(42)28-40(33)61-5;1-2-3;2*1-2/h6-8,15,22-25,28-29,31-32,44H,9-14,16-21,26-27H2,1-5H3,(H,50,59,60);2H,1H3;2*1-2H3. The zero-order chi connectivity index (χ0) is 49.5. The maximum atomic E-state index is 14.8. The van der Waals surface area contributed by atoms with Crippen LogP contribution in [-0.2, 0) is 27.3 Å². The molecule has 0 saturated carbocycles. The SMILES string of the molecule is CC.CC.CC=O.COc1cn2ccnc2cc1-c1cnc(N(C)c2nn(C3CCN(CC4CCN(c5cccc(N(C)CCC(=O)NC=O)c5C)CC4)CC3)c3c2CN(C)CC3)cc1C(F)F. The number of carbonyl (C=O) groups excluding carboxylic acids is 3. The fourth-order valence-corrected chi connectivity index (χ4v) is 9.57. The number of imide groups is 1. The van der Waals surface area contributed by atoms with E-state index < -0.39 is 6.43 Å². The summed E-state index contributed by atoms with van der Waals surface area (Å²) in [5.41, 5.74) is 7.24. The number of imidazole rings is 1. The van der Waals surface area contributed by atoms with Gasteiger partial charge in [0, 0.05) is 137 Å². The fraction of sp³-hybridized carbons (Fsp3) is 0.529. The van der Waals surface area contributed by atoms with E-state index in [1.54, 1.807) is 29.1 Å². The lowest BCUT2D eigenvalue weighted by molar-refractivity contribution is -0.125. The number of amides is 2. The molecule has 15 nitrogen and oxygen atoms in total. The van der Waals surface area contributed by atoms with Crippen molar-refractivity contribution in [3.05, 3.63) is 77.5 Å². The summed E-state index contributed by atoms with van der Waals surface area (Å²) in [6.45, 7) is 18.9. The highest BCUT2D eigenvalue weighted by Crippen LogP contribution is 2.41. The lowest BCUT2D eigenvalue weighted by Crippen LogP contribution is -2.42. The maximum absolute atomic E-state index is 14.8. The number of methoxy groups -OCH3 is 1. The van der Waals surface area contributed by atoms with Gasteiger partial charge in [-0.3, -0.25) is 19.6 Å². The molecule has 4 aromatic heterocycles. The molecule has 1 aromatic carbocycles. The summed E-state index contributed by atoms with van der Waals surface area (Å²) < 4.78 is 39.3. The molecule has 2 fully saturated rings. The molecule has 0 aliphatic carbocycles. The van der Waals surface area contributed by atoms with Crippen LogP contribution in [0.15, 0.2) is 55.1 Å². The minimum atomic E-state index is -2.74. The number of aromatic nitrogens is 5. The summed E-state index contributed by atoms with van der Waals surface area (Å²) in [5, 5.41) is 7.48. The number of likely N-dealkylation sites (N-methyl/N-ethyl adjacent to an activating group) is 1. The predicted molar refractivity (Wildman–Crippen MR) is 268 cm³/mol. The molecule has 0 radical (unpaired) electrons. The molecule has 2 saturated heterocycles. The third-order valence-electron chi connectivity index (χ3n) is 13.0. The Kier molecular flexibility index (Phi) is 19.8. The molecule has 2 amide bonds. The average molecular weight is 942 g/mol. The van der Waals surface area contributed by atoms with Crippen LogP contribution in [0.5, 0.6) is 5.75 Å². The zero-order valence-electron chi connectivity index (χ0n) is 41.8. The molecule has 8 rings (SSSR count). The number of fused-ring (bicyclic) bond motifs is 2. The molecular formula is C51H73F2N11O4. The quantitative estimate of drug-likeness (QED) is 0.107. The van der Waals surface area contributed by atoms with Crippen molar-refractivity contribution in [3.8, 4) is 16.9 Å². The van der Waals surface area contributed by atoms with Crippen LogP contribution in [0.25, 0.3) is 16.8 Å². The lowest BCUT2D eigenvalue weighted by Gasteiger charge is -2.39. The van der Waals surface area contributed by atoms with Gasteiger partial charge in [0.1, 0.15) is 23.5 Å². The van der Waals surface area contributed by atoms with Crippen LogP contribution in [-0.4, -0.2) is 127 Å². The summed E-state index contributed by atoms with van der Waals surface area (Å²) in [4.78, 5) is 51.7. The first kappa shape index (κ1) is 53.0. The first-order chi connectivity index (χ1) is 32.9. The van der Waals surface area contributed by atoms with Crippen molar-refractivity contribution in [1.82, 2.24) is 39.3 Å². The van der Waals surface area contributed by atoms with E-state index in [1.165, 1.54) is 43.2 Å². The summed E-state index contributed by atoms with van der Waals surface area (Å²) in [6, 6.07) is 9.88. The number of ether oxygens (including phenoxy) is 1. The number of likely N-dealkylation sites (tertiary alicyclic amines) is 1. The topological polar surface area (TPSA) is 137 Å². The van der Waals surface area contributed by atoms with Gasteiger partial charge >= 0.3 is 0 Å². The second kappa shape index (κ2) is 25.4. The van der Waals surface area contributed by atoms with E-state index in [9.17, 15) is 18.4 Å². The lowest BCUT2D eigenvalue weighted by atomic mass is 9.93. The van der Waals surface area contributed by atoms with Crippen molar-refractivity contribution in [1.29, 1.82) is 0 Å². The third kappa shape index (κ3) is 12.4. The summed E-state index contributed by atoms with van der Waals surface area (Å²) in [6.07, 6.45) is 10.6. The van der Waals surface area contributed by atoms with E-state index in [-0.39, 0.29) is 23.9 Å². The predicted octanol–water partition coefficient (Wildman–Crippen LogP) is 8.51. The van der Waals surface area contributed by atoms with Gasteiger partial charge in [-0.15, -0.1) is 0 Å². The fourth-order valence-electron chi connectivity index (χ4n) is 9.57. The van der Waals surface area contributed by atoms with Crippen LogP contribution in [0.1, 0.15) is 102 Å². The van der Waals surface area contributed by atoms with Gasteiger partial charge in [-0.05, 0) is 82.3 Å². The number of benzene rings is 1. The van der Waals surface area contributed by atoms with Crippen LogP contribution in [0.3, 0.4) is 0 Å². The van der Waals surface area contributed by atoms with Crippen LogP contribution in [0.2, 0.25) is 0 Å². The van der Waals surface area contributed by atoms with Crippen LogP contribution >= 0.6 is 0 Å². The van der Waals surface area contributed by atoms with Crippen LogP contribution < -0.4 is 24.8 Å². The highest BCUT2D eigenvalue weighted by atomic mass is 19.3. The monoisotopic (exact) mass is 942 g/mol. The van der Waals surface area contributed by atoms with Gasteiger partial charge < -0.3 is 38.4 Å². The molecule has 3 aliphatic rings. The van der Waals surface area contributed by atoms with E-state index in [0.717, 1.165) is 101 Å². The summed E-state index contributed by atoms with van der Waals surface area (Å²) in [7, 11) is 7.50. The van der Waals surface area contributed by atoms with Crippen molar-refractivity contribution >= 4 is 47.3 Å². The van der Waals surface area contributed by atoms with E-state index in [0.29, 0.717) is 47.2 Å². The molecule has 17 heteroatoms. The third-order valence-corrected chi connectivity index (χ3v) is 13.0. The first-order valence-corrected chi connectivity index (χ1v) is 24.2. The number of pyridine rings is 2. The largest absolute Gasteiger partial charge is 0.495 e. The van der Waals surface area contributed by atoms with Gasteiger partial charge in [-0.25, -0.2) is 18.7 Å². The summed E-state index contributed by atoms with van der Waals surface area (Å²) >= 11 is 0. The molecule has 1 N–H and O–H groups in total. The van der Waals surface area contributed by atoms with Gasteiger partial charge in [-0.1, -0.05) is 33.8 Å². The molecule has 0 spiro atoms. The van der Waals surface area contributed by atoms with Gasteiger partial charge in [-0.2, -0.15) is 5.10 Å². The van der Waals surface area contributed by atoms with Crippen LogP contribution in [0, 0.1) is 12.8 Å². The number of nitrogens with zero attached hydrogens (tertiary/aromatic N) is 10. The number of aldehydes is 1. The number of piperidine rings is 2. The van der Waals surface area contributed by atoms with E-state index in [1.807, 2.05) is 46.7 Å². The molecule has 0 unspecified atom stereocenters. The second-order valence-electron chi connectivity index (χ2n) is 17.1. The minimum absolute atomic E-state index is 0.126. The molecular weight excluding hydrogens is 869 g/mol. The smallest absolute Gasteiger partial charge is 0.264 e. The number of alkyl halides is 2. The molecule has 68 heavy (non-hydrogen) atoms. The van der Waals surface area contributed by atoms with Gasteiger partial charge in [0.25, 0.3) is 6.43 Å².